The molecule has 27 heavy (non-hydrogen) atoms. The molecule has 2 aromatic rings. The minimum Gasteiger partial charge on any atom is -0.497 e. The van der Waals surface area contributed by atoms with Gasteiger partial charge >= 0.3 is 0 Å². The van der Waals surface area contributed by atoms with Crippen molar-refractivity contribution in [3.05, 3.63) is 48.5 Å². The van der Waals surface area contributed by atoms with Crippen molar-refractivity contribution < 1.29 is 19.0 Å². The van der Waals surface area contributed by atoms with Crippen LogP contribution in [0.2, 0.25) is 0 Å². The van der Waals surface area contributed by atoms with E-state index in [1.54, 1.807) is 27.2 Å². The molecule has 0 bridgehead atoms. The Morgan fingerprint density at radius 2 is 1.63 bits per heavy atom. The van der Waals surface area contributed by atoms with Crippen molar-refractivity contribution in [2.24, 2.45) is 0 Å². The highest BCUT2D eigenvalue weighted by atomic mass is 16.5. The summed E-state index contributed by atoms with van der Waals surface area (Å²) in [7, 11) is 3.28. The fraction of sp³-hybridized carbons (Fsp3) is 0.381. The zero-order chi connectivity index (χ0) is 19.2. The van der Waals surface area contributed by atoms with Crippen molar-refractivity contribution in [1.29, 1.82) is 0 Å². The van der Waals surface area contributed by atoms with Gasteiger partial charge in [-0.1, -0.05) is 18.2 Å². The van der Waals surface area contributed by atoms with Gasteiger partial charge in [0.2, 0.25) is 0 Å². The van der Waals surface area contributed by atoms with E-state index in [1.165, 1.54) is 0 Å². The molecule has 1 heterocycles. The predicted octanol–water partition coefficient (Wildman–Crippen LogP) is 2.82. The number of benzene rings is 2. The zero-order valence-electron chi connectivity index (χ0n) is 16.1. The second-order valence-corrected chi connectivity index (χ2v) is 6.42. The second kappa shape index (κ2) is 8.66. The van der Waals surface area contributed by atoms with Gasteiger partial charge in [0.05, 0.1) is 19.9 Å². The van der Waals surface area contributed by atoms with Crippen molar-refractivity contribution in [2.75, 3.05) is 45.3 Å². The van der Waals surface area contributed by atoms with E-state index in [-0.39, 0.29) is 5.91 Å². The fourth-order valence-corrected chi connectivity index (χ4v) is 3.24. The maximum atomic E-state index is 12.7. The van der Waals surface area contributed by atoms with Crippen LogP contribution in [0.1, 0.15) is 6.92 Å². The first-order valence-electron chi connectivity index (χ1n) is 9.10. The van der Waals surface area contributed by atoms with Gasteiger partial charge in [-0.15, -0.1) is 0 Å². The number of amides is 1. The van der Waals surface area contributed by atoms with Crippen LogP contribution in [0.3, 0.4) is 0 Å². The summed E-state index contributed by atoms with van der Waals surface area (Å²) >= 11 is 0. The van der Waals surface area contributed by atoms with Crippen LogP contribution in [0.5, 0.6) is 17.2 Å². The molecule has 6 nitrogen and oxygen atoms in total. The van der Waals surface area contributed by atoms with Crippen LogP contribution >= 0.6 is 0 Å². The van der Waals surface area contributed by atoms with Crippen LogP contribution in [0.15, 0.2) is 48.5 Å². The van der Waals surface area contributed by atoms with E-state index in [1.807, 2.05) is 47.4 Å². The smallest absolute Gasteiger partial charge is 0.263 e. The molecule has 2 aromatic carbocycles. The Kier molecular flexibility index (Phi) is 6.06. The normalized spacial score (nSPS) is 15.2. The molecule has 1 saturated heterocycles. The molecule has 6 heteroatoms. The summed E-state index contributed by atoms with van der Waals surface area (Å²) in [6.07, 6.45) is -0.546. The van der Waals surface area contributed by atoms with Crippen LogP contribution in [0, 0.1) is 0 Å². The molecule has 0 aliphatic carbocycles. The molecule has 1 amide bonds. The van der Waals surface area contributed by atoms with Gasteiger partial charge in [0.1, 0.15) is 17.2 Å². The van der Waals surface area contributed by atoms with Crippen LogP contribution in [-0.2, 0) is 4.79 Å². The molecule has 1 aliphatic heterocycles. The Morgan fingerprint density at radius 1 is 0.926 bits per heavy atom. The third kappa shape index (κ3) is 4.45. The lowest BCUT2D eigenvalue weighted by molar-refractivity contribution is -0.138. The lowest BCUT2D eigenvalue weighted by atomic mass is 10.2. The molecule has 0 spiro atoms. The van der Waals surface area contributed by atoms with Crippen molar-refractivity contribution in [3.8, 4) is 17.2 Å². The highest BCUT2D eigenvalue weighted by molar-refractivity contribution is 5.81. The monoisotopic (exact) mass is 370 g/mol. The summed E-state index contributed by atoms with van der Waals surface area (Å²) in [6, 6.07) is 15.3. The van der Waals surface area contributed by atoms with E-state index in [0.29, 0.717) is 24.6 Å². The van der Waals surface area contributed by atoms with Crippen molar-refractivity contribution in [2.45, 2.75) is 13.0 Å². The average molecular weight is 370 g/mol. The lowest BCUT2D eigenvalue weighted by Crippen LogP contribution is -2.52. The largest absolute Gasteiger partial charge is 0.497 e. The number of carbonyl (C=O) groups excluding carboxylic acids is 1. The van der Waals surface area contributed by atoms with E-state index >= 15 is 0 Å². The van der Waals surface area contributed by atoms with Crippen LogP contribution in [-0.4, -0.2) is 57.3 Å². The van der Waals surface area contributed by atoms with Gasteiger partial charge in [-0.2, -0.15) is 0 Å². The summed E-state index contributed by atoms with van der Waals surface area (Å²) in [5.41, 5.74) is 1.06. The van der Waals surface area contributed by atoms with Crippen LogP contribution in [0.25, 0.3) is 0 Å². The molecule has 0 N–H and O–H groups in total. The first kappa shape index (κ1) is 18.9. The number of hydrogen-bond acceptors (Lipinski definition) is 5. The molecule has 1 fully saturated rings. The standard InChI is InChI=1S/C21H26N2O4/c1-16(27-18-8-6-7-17(15-18)25-2)21(24)23-13-11-22(12-14-23)19-9-4-5-10-20(19)26-3/h4-10,15-16H,11-14H2,1-3H3/t16-/m0/s1. The van der Waals surface area contributed by atoms with Crippen molar-refractivity contribution in [3.63, 3.8) is 0 Å². The molecular formula is C21H26N2O4. The molecule has 0 saturated carbocycles. The fourth-order valence-electron chi connectivity index (χ4n) is 3.24. The van der Waals surface area contributed by atoms with Gasteiger partial charge in [-0.05, 0) is 31.2 Å². The SMILES string of the molecule is COc1cccc(O[C@@H](C)C(=O)N2CCN(c3ccccc3OC)CC2)c1. The van der Waals surface area contributed by atoms with Gasteiger partial charge in [0.25, 0.3) is 5.91 Å². The number of hydrogen-bond donors (Lipinski definition) is 0. The van der Waals surface area contributed by atoms with E-state index in [0.717, 1.165) is 24.5 Å². The predicted molar refractivity (Wildman–Crippen MR) is 105 cm³/mol. The van der Waals surface area contributed by atoms with Gasteiger partial charge in [0, 0.05) is 32.2 Å². The minimum absolute atomic E-state index is 0.00232. The van der Waals surface area contributed by atoms with E-state index in [4.69, 9.17) is 14.2 Å². The van der Waals surface area contributed by atoms with Gasteiger partial charge < -0.3 is 24.0 Å². The van der Waals surface area contributed by atoms with E-state index < -0.39 is 6.10 Å². The Morgan fingerprint density at radius 3 is 2.33 bits per heavy atom. The summed E-state index contributed by atoms with van der Waals surface area (Å²) in [6.45, 7) is 4.62. The number of rotatable bonds is 6. The maximum absolute atomic E-state index is 12.7. The summed E-state index contributed by atoms with van der Waals surface area (Å²) < 4.78 is 16.5. The third-order valence-corrected chi connectivity index (χ3v) is 4.72. The molecule has 1 atom stereocenters. The van der Waals surface area contributed by atoms with Gasteiger partial charge in [-0.3, -0.25) is 4.79 Å². The number of ether oxygens (including phenoxy) is 3. The molecule has 144 valence electrons. The second-order valence-electron chi connectivity index (χ2n) is 6.42. The molecule has 0 radical (unpaired) electrons. The number of carbonyl (C=O) groups is 1. The average Bonchev–Trinajstić information content (AvgIpc) is 2.73. The highest BCUT2D eigenvalue weighted by Gasteiger charge is 2.27. The summed E-state index contributed by atoms with van der Waals surface area (Å²) in [4.78, 5) is 16.9. The third-order valence-electron chi connectivity index (χ3n) is 4.72. The van der Waals surface area contributed by atoms with Crippen molar-refractivity contribution >= 4 is 11.6 Å². The number of nitrogens with zero attached hydrogens (tertiary/aromatic N) is 2. The lowest BCUT2D eigenvalue weighted by Gasteiger charge is -2.37. The minimum atomic E-state index is -0.546. The number of methoxy groups -OCH3 is 2. The van der Waals surface area contributed by atoms with E-state index in [9.17, 15) is 4.79 Å². The van der Waals surface area contributed by atoms with Gasteiger partial charge in [-0.25, -0.2) is 0 Å². The number of para-hydroxylation sites is 2. The van der Waals surface area contributed by atoms with Crippen LogP contribution < -0.4 is 19.1 Å². The molecule has 0 unspecified atom stereocenters. The molecule has 3 rings (SSSR count). The molecule has 0 aromatic heterocycles. The molecule has 1 aliphatic rings. The molecular weight excluding hydrogens is 344 g/mol. The first-order chi connectivity index (χ1) is 13.1. The van der Waals surface area contributed by atoms with Gasteiger partial charge in [0.15, 0.2) is 6.10 Å². The Bertz CT molecular complexity index is 772. The van der Waals surface area contributed by atoms with Crippen LogP contribution in [0.4, 0.5) is 5.69 Å². The topological polar surface area (TPSA) is 51.2 Å². The summed E-state index contributed by atoms with van der Waals surface area (Å²) in [5.74, 6) is 2.19. The Hall–Kier alpha value is -2.89. The first-order valence-corrected chi connectivity index (χ1v) is 9.10. The highest BCUT2D eigenvalue weighted by Crippen LogP contribution is 2.28. The number of piperazine rings is 1. The summed E-state index contributed by atoms with van der Waals surface area (Å²) in [5, 5.41) is 0. The number of anilines is 1. The quantitative estimate of drug-likeness (QED) is 0.783. The Labute approximate surface area is 160 Å². The maximum Gasteiger partial charge on any atom is 0.263 e. The van der Waals surface area contributed by atoms with E-state index in [2.05, 4.69) is 4.90 Å². The zero-order valence-corrected chi connectivity index (χ0v) is 16.1. The Balaban J connectivity index is 1.57. The van der Waals surface area contributed by atoms with Crippen molar-refractivity contribution in [1.82, 2.24) is 4.90 Å².